The zero-order valence-corrected chi connectivity index (χ0v) is 15.0. The number of hydrogen-bond acceptors (Lipinski definition) is 7. The Kier molecular flexibility index (Phi) is 5.98. The largest absolute Gasteiger partial charge is 0.417 e. The lowest BCUT2D eigenvalue weighted by Crippen LogP contribution is -2.14. The molecule has 0 bridgehead atoms. The quantitative estimate of drug-likeness (QED) is 0.325. The topological polar surface area (TPSA) is 141 Å². The molecule has 0 heterocycles. The van der Waals surface area contributed by atoms with Gasteiger partial charge in [0, 0.05) is 5.69 Å². The summed E-state index contributed by atoms with van der Waals surface area (Å²) >= 11 is 5.21. The van der Waals surface area contributed by atoms with Gasteiger partial charge in [0.2, 0.25) is 0 Å². The number of nitrogens with one attached hydrogen (secondary N) is 1. The van der Waals surface area contributed by atoms with E-state index in [9.17, 15) is 56.7 Å². The summed E-state index contributed by atoms with van der Waals surface area (Å²) in [5.74, 6) is 0. The molecule has 0 amide bonds. The van der Waals surface area contributed by atoms with Crippen LogP contribution >= 0.6 is 11.6 Å². The molecular weight excluding hydrogens is 470 g/mol. The Balaban J connectivity index is 2.83. The normalized spacial score (nSPS) is 11.8. The Hall–Kier alpha value is -3.69. The molecule has 0 spiro atoms. The highest BCUT2D eigenvalue weighted by molar-refractivity contribution is 6.32. The SMILES string of the molecule is O=[N+]([O-])c1cc([N+](=O)[O-])c(Nc2cc(C(F)(F)F)c(Cl)c(C(F)(F)F)c2)c([N+](=O)[O-])c1. The molecule has 2 aromatic carbocycles. The molecule has 0 aliphatic rings. The van der Waals surface area contributed by atoms with Crippen molar-refractivity contribution >= 4 is 40.0 Å². The molecule has 2 aromatic rings. The molecule has 0 aliphatic carbocycles. The molecule has 0 aliphatic heterocycles. The van der Waals surface area contributed by atoms with Crippen LogP contribution in [0.1, 0.15) is 11.1 Å². The van der Waals surface area contributed by atoms with Crippen LogP contribution in [0, 0.1) is 30.3 Å². The van der Waals surface area contributed by atoms with E-state index in [1.807, 2.05) is 0 Å². The van der Waals surface area contributed by atoms with Gasteiger partial charge in [-0.2, -0.15) is 26.3 Å². The lowest BCUT2D eigenvalue weighted by molar-refractivity contribution is -0.401. The van der Waals surface area contributed by atoms with Crippen molar-refractivity contribution in [1.82, 2.24) is 0 Å². The predicted molar refractivity (Wildman–Crippen MR) is 91.1 cm³/mol. The van der Waals surface area contributed by atoms with Crippen molar-refractivity contribution in [3.05, 3.63) is 70.8 Å². The number of nitrogens with zero attached hydrogens (tertiary/aromatic N) is 3. The fraction of sp³-hybridized carbons (Fsp3) is 0.143. The van der Waals surface area contributed by atoms with Gasteiger partial charge in [0.05, 0.1) is 43.1 Å². The fourth-order valence-corrected chi connectivity index (χ4v) is 2.70. The second-order valence-electron chi connectivity index (χ2n) is 5.64. The number of benzene rings is 2. The second kappa shape index (κ2) is 7.86. The first kappa shape index (κ1) is 23.6. The van der Waals surface area contributed by atoms with E-state index in [1.54, 1.807) is 5.32 Å². The Morgan fingerprint density at radius 2 is 1.13 bits per heavy atom. The number of hydrogen-bond donors (Lipinski definition) is 1. The first-order chi connectivity index (χ1) is 14.0. The third-order valence-corrected chi connectivity index (χ3v) is 4.05. The van der Waals surface area contributed by atoms with Crippen molar-refractivity contribution in [3.63, 3.8) is 0 Å². The summed E-state index contributed by atoms with van der Waals surface area (Å²) in [6.45, 7) is 0. The summed E-state index contributed by atoms with van der Waals surface area (Å²) in [6, 6.07) is 0.597. The minimum absolute atomic E-state index is 0.0481. The summed E-state index contributed by atoms with van der Waals surface area (Å²) < 4.78 is 78.7. The first-order valence-corrected chi connectivity index (χ1v) is 7.78. The summed E-state index contributed by atoms with van der Waals surface area (Å²) in [7, 11) is 0. The summed E-state index contributed by atoms with van der Waals surface area (Å²) in [6.07, 6.45) is -10.8. The van der Waals surface area contributed by atoms with Crippen LogP contribution in [-0.4, -0.2) is 14.8 Å². The monoisotopic (exact) mass is 474 g/mol. The maximum absolute atomic E-state index is 13.1. The lowest BCUT2D eigenvalue weighted by Gasteiger charge is -2.17. The van der Waals surface area contributed by atoms with Crippen LogP contribution in [0.2, 0.25) is 5.02 Å². The first-order valence-electron chi connectivity index (χ1n) is 7.40. The van der Waals surface area contributed by atoms with Gasteiger partial charge in [0.25, 0.3) is 5.69 Å². The number of nitro groups is 3. The Morgan fingerprint density at radius 3 is 1.42 bits per heavy atom. The second-order valence-corrected chi connectivity index (χ2v) is 6.01. The summed E-state index contributed by atoms with van der Waals surface area (Å²) in [5.41, 5.74) is -9.99. The molecule has 31 heavy (non-hydrogen) atoms. The number of rotatable bonds is 5. The van der Waals surface area contributed by atoms with Crippen molar-refractivity contribution in [3.8, 4) is 0 Å². The highest BCUT2D eigenvalue weighted by Crippen LogP contribution is 2.46. The van der Waals surface area contributed by atoms with Crippen molar-refractivity contribution in [2.24, 2.45) is 0 Å². The molecule has 0 atom stereocenters. The molecule has 0 fully saturated rings. The number of non-ortho nitro benzene ring substituents is 1. The standard InChI is InChI=1S/C14H5ClF6N4O6/c15-11-7(13(16,17)18)1-5(2-8(11)14(19,20)21)22-12-9(24(28)29)3-6(23(26)27)4-10(12)25(30)31/h1-4,22H. The van der Waals surface area contributed by atoms with Gasteiger partial charge in [0.15, 0.2) is 5.69 Å². The van der Waals surface area contributed by atoms with E-state index >= 15 is 0 Å². The molecule has 1 N–H and O–H groups in total. The molecule has 0 unspecified atom stereocenters. The van der Waals surface area contributed by atoms with Crippen molar-refractivity contribution < 1.29 is 41.1 Å². The molecule has 0 aromatic heterocycles. The molecular formula is C14H5ClF6N4O6. The van der Waals surface area contributed by atoms with E-state index in [2.05, 4.69) is 0 Å². The Bertz CT molecular complexity index is 1030. The van der Waals surface area contributed by atoms with E-state index in [1.165, 1.54) is 0 Å². The van der Waals surface area contributed by atoms with Gasteiger partial charge in [-0.1, -0.05) is 11.6 Å². The van der Waals surface area contributed by atoms with Gasteiger partial charge < -0.3 is 5.32 Å². The predicted octanol–water partition coefficient (Wildman–Crippen LogP) is 5.85. The minimum atomic E-state index is -5.39. The smallest absolute Gasteiger partial charge is 0.344 e. The zero-order valence-electron chi connectivity index (χ0n) is 14.2. The average Bonchev–Trinajstić information content (AvgIpc) is 2.60. The van der Waals surface area contributed by atoms with Gasteiger partial charge in [-0.3, -0.25) is 30.3 Å². The molecule has 0 radical (unpaired) electrons. The van der Waals surface area contributed by atoms with Crippen LogP contribution in [-0.2, 0) is 12.4 Å². The number of anilines is 2. The maximum atomic E-state index is 13.1. The highest BCUT2D eigenvalue weighted by Gasteiger charge is 2.41. The van der Waals surface area contributed by atoms with Crippen LogP contribution in [0.25, 0.3) is 0 Å². The highest BCUT2D eigenvalue weighted by atomic mass is 35.5. The molecule has 17 heteroatoms. The number of alkyl halides is 6. The molecule has 166 valence electrons. The van der Waals surface area contributed by atoms with Crippen LogP contribution in [0.15, 0.2) is 24.3 Å². The van der Waals surface area contributed by atoms with E-state index in [0.29, 0.717) is 0 Å². The molecule has 0 saturated carbocycles. The van der Waals surface area contributed by atoms with Crippen LogP contribution in [0.3, 0.4) is 0 Å². The summed E-state index contributed by atoms with van der Waals surface area (Å²) in [5, 5.41) is 33.3. The Labute approximate surface area is 170 Å². The van der Waals surface area contributed by atoms with E-state index in [-0.39, 0.29) is 24.3 Å². The minimum Gasteiger partial charge on any atom is -0.344 e. The van der Waals surface area contributed by atoms with Crippen molar-refractivity contribution in [1.29, 1.82) is 0 Å². The number of halogens is 7. The average molecular weight is 475 g/mol. The van der Waals surface area contributed by atoms with Gasteiger partial charge >= 0.3 is 23.7 Å². The van der Waals surface area contributed by atoms with E-state index < -0.39 is 71.7 Å². The maximum Gasteiger partial charge on any atom is 0.417 e. The van der Waals surface area contributed by atoms with E-state index in [0.717, 1.165) is 0 Å². The van der Waals surface area contributed by atoms with E-state index in [4.69, 9.17) is 11.6 Å². The Morgan fingerprint density at radius 1 is 0.742 bits per heavy atom. The molecule has 0 saturated heterocycles. The third-order valence-electron chi connectivity index (χ3n) is 3.64. The van der Waals surface area contributed by atoms with Crippen molar-refractivity contribution in [2.75, 3.05) is 5.32 Å². The van der Waals surface area contributed by atoms with Crippen molar-refractivity contribution in [2.45, 2.75) is 12.4 Å². The van der Waals surface area contributed by atoms with Crippen LogP contribution in [0.4, 0.5) is 54.8 Å². The third kappa shape index (κ3) is 4.90. The fourth-order valence-electron chi connectivity index (χ4n) is 2.37. The summed E-state index contributed by atoms with van der Waals surface area (Å²) in [4.78, 5) is 29.4. The van der Waals surface area contributed by atoms with Gasteiger partial charge in [0.1, 0.15) is 0 Å². The van der Waals surface area contributed by atoms with Crippen LogP contribution in [0.5, 0.6) is 0 Å². The lowest BCUT2D eigenvalue weighted by atomic mass is 10.1. The van der Waals surface area contributed by atoms with Gasteiger partial charge in [-0.05, 0) is 12.1 Å². The zero-order chi connectivity index (χ0) is 23.9. The number of nitro benzene ring substituents is 3. The van der Waals surface area contributed by atoms with Gasteiger partial charge in [-0.15, -0.1) is 0 Å². The van der Waals surface area contributed by atoms with Gasteiger partial charge in [-0.25, -0.2) is 0 Å². The molecule has 10 nitrogen and oxygen atoms in total. The van der Waals surface area contributed by atoms with Crippen LogP contribution < -0.4 is 5.32 Å². The molecule has 2 rings (SSSR count).